The Balaban J connectivity index is 1.60. The van der Waals surface area contributed by atoms with Gasteiger partial charge in [0.05, 0.1) is 25.9 Å². The molecule has 2 rings (SSSR count). The van der Waals surface area contributed by atoms with E-state index >= 15 is 0 Å². The van der Waals surface area contributed by atoms with Crippen LogP contribution in [0.15, 0.2) is 24.3 Å². The van der Waals surface area contributed by atoms with Crippen LogP contribution in [0.4, 0.5) is 0 Å². The molecular formula is C56H100N2O6. The lowest BCUT2D eigenvalue weighted by molar-refractivity contribution is -0.152. The number of unbranched alkanes of at least 4 members (excludes halogenated alkanes) is 22. The van der Waals surface area contributed by atoms with Crippen LogP contribution in [0.25, 0.3) is 0 Å². The smallest absolute Gasteiger partial charge is 0.306 e. The summed E-state index contributed by atoms with van der Waals surface area (Å²) >= 11 is 0. The molecule has 8 nitrogen and oxygen atoms in total. The van der Waals surface area contributed by atoms with Crippen molar-refractivity contribution in [2.45, 2.75) is 283 Å². The molecule has 0 unspecified atom stereocenters. The predicted molar refractivity (Wildman–Crippen MR) is 267 cm³/mol. The second-order valence-electron chi connectivity index (χ2n) is 19.4. The summed E-state index contributed by atoms with van der Waals surface area (Å²) in [5.41, 5.74) is 0. The minimum absolute atomic E-state index is 0.0497. The van der Waals surface area contributed by atoms with Gasteiger partial charge in [0.15, 0.2) is 0 Å². The fourth-order valence-corrected chi connectivity index (χ4v) is 9.65. The van der Waals surface area contributed by atoms with E-state index in [4.69, 9.17) is 9.47 Å². The monoisotopic (exact) mass is 897 g/mol. The number of carbonyl (C=O) groups is 4. The van der Waals surface area contributed by atoms with Crippen molar-refractivity contribution < 1.29 is 28.7 Å². The Bertz CT molecular complexity index is 1110. The SMILES string of the molecule is CCCCCCCC/C=C\CCCCCCCC(=O)N(CCOC(=O)CCC(=O)OCCN(C(=O)CCCCCCC/C=C\CCCCCCCC)C1CCCCC1)C1CCCCC1. The lowest BCUT2D eigenvalue weighted by atomic mass is 9.94. The Hall–Kier alpha value is -2.64. The van der Waals surface area contributed by atoms with E-state index in [9.17, 15) is 19.2 Å². The number of esters is 2. The van der Waals surface area contributed by atoms with Gasteiger partial charge in [0, 0.05) is 24.9 Å². The van der Waals surface area contributed by atoms with Crippen molar-refractivity contribution in [2.75, 3.05) is 26.3 Å². The van der Waals surface area contributed by atoms with Gasteiger partial charge in [0.2, 0.25) is 11.8 Å². The number of hydrogen-bond acceptors (Lipinski definition) is 6. The van der Waals surface area contributed by atoms with Gasteiger partial charge in [-0.1, -0.05) is 179 Å². The fourth-order valence-electron chi connectivity index (χ4n) is 9.65. The van der Waals surface area contributed by atoms with E-state index in [0.29, 0.717) is 25.9 Å². The lowest BCUT2D eigenvalue weighted by Gasteiger charge is -2.34. The molecule has 2 fully saturated rings. The van der Waals surface area contributed by atoms with Crippen molar-refractivity contribution in [3.63, 3.8) is 0 Å². The number of hydrogen-bond donors (Lipinski definition) is 0. The molecule has 0 atom stereocenters. The van der Waals surface area contributed by atoms with Gasteiger partial charge in [0.25, 0.3) is 0 Å². The largest absolute Gasteiger partial charge is 0.464 e. The summed E-state index contributed by atoms with van der Waals surface area (Å²) in [5, 5.41) is 0. The van der Waals surface area contributed by atoms with Crippen molar-refractivity contribution >= 4 is 23.8 Å². The molecule has 0 aromatic carbocycles. The molecule has 8 heteroatoms. The molecule has 0 bridgehead atoms. The molecular weight excluding hydrogens is 797 g/mol. The second-order valence-corrected chi connectivity index (χ2v) is 19.4. The van der Waals surface area contributed by atoms with E-state index in [-0.39, 0.29) is 50.0 Å². The number of nitrogens with zero attached hydrogens (tertiary/aromatic N) is 2. The number of allylic oxidation sites excluding steroid dienone is 4. The first-order valence-corrected chi connectivity index (χ1v) is 27.7. The molecule has 0 N–H and O–H groups in total. The minimum atomic E-state index is -0.441. The summed E-state index contributed by atoms with van der Waals surface area (Å²) in [6.07, 6.45) is 53.5. The highest BCUT2D eigenvalue weighted by Crippen LogP contribution is 2.25. The van der Waals surface area contributed by atoms with Gasteiger partial charge in [-0.15, -0.1) is 0 Å². The van der Waals surface area contributed by atoms with Crippen molar-refractivity contribution in [1.82, 2.24) is 9.80 Å². The Morgan fingerprint density at radius 3 is 1.02 bits per heavy atom. The zero-order valence-corrected chi connectivity index (χ0v) is 41.9. The average molecular weight is 897 g/mol. The number of amides is 2. The lowest BCUT2D eigenvalue weighted by Crippen LogP contribution is -2.43. The highest BCUT2D eigenvalue weighted by atomic mass is 16.5. The highest BCUT2D eigenvalue weighted by Gasteiger charge is 2.27. The van der Waals surface area contributed by atoms with Crippen LogP contribution in [0.2, 0.25) is 0 Å². The maximum atomic E-state index is 13.4. The first-order valence-electron chi connectivity index (χ1n) is 27.7. The van der Waals surface area contributed by atoms with Gasteiger partial charge in [-0.25, -0.2) is 0 Å². The number of ether oxygens (including phenoxy) is 2. The standard InChI is InChI=1S/C56H100N2O6/c1-3-5-7-9-11-13-15-17-19-21-23-25-27-29-37-43-53(59)57(51-39-33-31-34-40-51)47-49-63-55(61)45-46-56(62)64-50-48-58(52-41-35-32-36-42-52)54(60)44-38-30-28-26-24-22-20-18-16-14-12-10-8-6-4-2/h17-20,51-52H,3-16,21-50H2,1-2H3/b19-17-,20-18-. The van der Waals surface area contributed by atoms with Crippen LogP contribution in [0.1, 0.15) is 271 Å². The third-order valence-corrected chi connectivity index (χ3v) is 13.7. The van der Waals surface area contributed by atoms with Crippen molar-refractivity contribution in [1.29, 1.82) is 0 Å². The highest BCUT2D eigenvalue weighted by molar-refractivity contribution is 5.78. The molecule has 0 aromatic heterocycles. The summed E-state index contributed by atoms with van der Waals surface area (Å²) in [6, 6.07) is 0.445. The van der Waals surface area contributed by atoms with Crippen LogP contribution < -0.4 is 0 Å². The summed E-state index contributed by atoms with van der Waals surface area (Å²) in [4.78, 5) is 56.1. The molecule has 64 heavy (non-hydrogen) atoms. The van der Waals surface area contributed by atoms with Crippen LogP contribution in [0.5, 0.6) is 0 Å². The Morgan fingerprint density at radius 2 is 0.688 bits per heavy atom. The van der Waals surface area contributed by atoms with Crippen LogP contribution in [-0.2, 0) is 28.7 Å². The molecule has 2 aliphatic carbocycles. The molecule has 0 aromatic rings. The maximum absolute atomic E-state index is 13.4. The van der Waals surface area contributed by atoms with Gasteiger partial charge in [-0.3, -0.25) is 19.2 Å². The van der Waals surface area contributed by atoms with Gasteiger partial charge >= 0.3 is 11.9 Å². The van der Waals surface area contributed by atoms with Crippen LogP contribution in [0, 0.1) is 0 Å². The fraction of sp³-hybridized carbons (Fsp3) is 0.857. The van der Waals surface area contributed by atoms with E-state index < -0.39 is 11.9 Å². The van der Waals surface area contributed by atoms with Crippen LogP contribution >= 0.6 is 0 Å². The molecule has 370 valence electrons. The second kappa shape index (κ2) is 41.8. The van der Waals surface area contributed by atoms with Crippen molar-refractivity contribution in [2.24, 2.45) is 0 Å². The van der Waals surface area contributed by atoms with Gasteiger partial charge < -0.3 is 19.3 Å². The molecule has 2 saturated carbocycles. The average Bonchev–Trinajstić information content (AvgIpc) is 3.31. The summed E-state index contributed by atoms with van der Waals surface area (Å²) in [5.74, 6) is -0.524. The molecule has 2 amide bonds. The van der Waals surface area contributed by atoms with E-state index in [2.05, 4.69) is 38.2 Å². The summed E-state index contributed by atoms with van der Waals surface area (Å²) < 4.78 is 11.1. The summed E-state index contributed by atoms with van der Waals surface area (Å²) in [7, 11) is 0. The zero-order valence-electron chi connectivity index (χ0n) is 41.9. The van der Waals surface area contributed by atoms with Gasteiger partial charge in [-0.05, 0) is 89.9 Å². The number of rotatable bonds is 41. The zero-order chi connectivity index (χ0) is 46.0. The van der Waals surface area contributed by atoms with E-state index in [1.54, 1.807) is 0 Å². The normalized spacial score (nSPS) is 15.0. The molecule has 0 spiro atoms. The first kappa shape index (κ1) is 57.5. The van der Waals surface area contributed by atoms with E-state index in [1.165, 1.54) is 128 Å². The maximum Gasteiger partial charge on any atom is 0.306 e. The molecule has 0 radical (unpaired) electrons. The third-order valence-electron chi connectivity index (χ3n) is 13.7. The van der Waals surface area contributed by atoms with Crippen LogP contribution in [0.3, 0.4) is 0 Å². The molecule has 2 aliphatic rings. The molecule has 0 heterocycles. The molecule has 0 saturated heterocycles. The third kappa shape index (κ3) is 31.3. The van der Waals surface area contributed by atoms with Crippen molar-refractivity contribution in [3.05, 3.63) is 24.3 Å². The van der Waals surface area contributed by atoms with E-state index in [1.807, 2.05) is 9.80 Å². The van der Waals surface area contributed by atoms with Gasteiger partial charge in [0.1, 0.15) is 13.2 Å². The summed E-state index contributed by atoms with van der Waals surface area (Å²) in [6.45, 7) is 5.65. The van der Waals surface area contributed by atoms with E-state index in [0.717, 1.165) is 103 Å². The Kier molecular flexibility index (Phi) is 37.5. The van der Waals surface area contributed by atoms with Gasteiger partial charge in [-0.2, -0.15) is 0 Å². The topological polar surface area (TPSA) is 93.2 Å². The van der Waals surface area contributed by atoms with Crippen molar-refractivity contribution in [3.8, 4) is 0 Å². The predicted octanol–water partition coefficient (Wildman–Crippen LogP) is 15.3. The first-order chi connectivity index (χ1) is 31.5. The quantitative estimate of drug-likeness (QED) is 0.0345. The molecule has 0 aliphatic heterocycles. The Labute approximate surface area is 394 Å². The Morgan fingerprint density at radius 1 is 0.391 bits per heavy atom. The number of carbonyl (C=O) groups excluding carboxylic acids is 4. The van der Waals surface area contributed by atoms with Crippen LogP contribution in [-0.4, -0.2) is 71.9 Å². The minimum Gasteiger partial charge on any atom is -0.464 e.